The van der Waals surface area contributed by atoms with Crippen molar-refractivity contribution in [3.8, 4) is 11.4 Å². The average molecular weight is 255 g/mol. The van der Waals surface area contributed by atoms with E-state index in [9.17, 15) is 0 Å². The van der Waals surface area contributed by atoms with E-state index in [-0.39, 0.29) is 6.61 Å². The standard InChI is InChI=1S/C13H13N5O/c19-7-6-14-12-10-13(16-8-15-12)18-11(17-10)9-4-2-1-3-5-9/h1-5,8,19H,6-7H2,(H2,14,15,16,17,18). The molecule has 2 aromatic heterocycles. The van der Waals surface area contributed by atoms with Crippen LogP contribution in [0.2, 0.25) is 0 Å². The fraction of sp³-hybridized carbons (Fsp3) is 0.154. The smallest absolute Gasteiger partial charge is 0.183 e. The number of hydrogen-bond donors (Lipinski definition) is 3. The van der Waals surface area contributed by atoms with Gasteiger partial charge in [-0.2, -0.15) is 0 Å². The minimum absolute atomic E-state index is 0.0468. The molecule has 3 N–H and O–H groups in total. The number of aliphatic hydroxyl groups excluding tert-OH is 1. The Labute approximate surface area is 109 Å². The molecule has 3 aromatic rings. The number of hydrogen-bond acceptors (Lipinski definition) is 5. The Hall–Kier alpha value is -2.47. The molecule has 0 fully saturated rings. The van der Waals surface area contributed by atoms with E-state index in [1.165, 1.54) is 6.33 Å². The van der Waals surface area contributed by atoms with E-state index in [4.69, 9.17) is 5.11 Å². The molecule has 0 saturated heterocycles. The number of benzene rings is 1. The molecule has 0 saturated carbocycles. The Kier molecular flexibility index (Phi) is 3.07. The molecule has 0 unspecified atom stereocenters. The third-order valence-electron chi connectivity index (χ3n) is 2.74. The largest absolute Gasteiger partial charge is 0.395 e. The topological polar surface area (TPSA) is 86.7 Å². The van der Waals surface area contributed by atoms with Gasteiger partial charge in [-0.05, 0) is 0 Å². The third-order valence-corrected chi connectivity index (χ3v) is 2.74. The first-order valence-electron chi connectivity index (χ1n) is 5.99. The molecule has 0 spiro atoms. The highest BCUT2D eigenvalue weighted by atomic mass is 16.3. The number of aromatic amines is 1. The Morgan fingerprint density at radius 3 is 2.79 bits per heavy atom. The van der Waals surface area contributed by atoms with Crippen LogP contribution in [-0.2, 0) is 0 Å². The van der Waals surface area contributed by atoms with E-state index in [1.54, 1.807) is 0 Å². The van der Waals surface area contributed by atoms with Crippen molar-refractivity contribution in [2.75, 3.05) is 18.5 Å². The summed E-state index contributed by atoms with van der Waals surface area (Å²) in [6.07, 6.45) is 1.46. The maximum atomic E-state index is 8.85. The number of nitrogens with zero attached hydrogens (tertiary/aromatic N) is 3. The monoisotopic (exact) mass is 255 g/mol. The van der Waals surface area contributed by atoms with Crippen LogP contribution in [0.3, 0.4) is 0 Å². The molecule has 0 bridgehead atoms. The van der Waals surface area contributed by atoms with Crippen molar-refractivity contribution in [3.63, 3.8) is 0 Å². The Morgan fingerprint density at radius 2 is 2.00 bits per heavy atom. The van der Waals surface area contributed by atoms with Crippen molar-refractivity contribution in [2.45, 2.75) is 0 Å². The number of anilines is 1. The maximum Gasteiger partial charge on any atom is 0.183 e. The molecule has 6 nitrogen and oxygen atoms in total. The summed E-state index contributed by atoms with van der Waals surface area (Å²) < 4.78 is 0. The molecule has 0 aliphatic heterocycles. The second kappa shape index (κ2) is 5.03. The van der Waals surface area contributed by atoms with Gasteiger partial charge in [0.05, 0.1) is 6.61 Å². The molecule has 6 heteroatoms. The van der Waals surface area contributed by atoms with Crippen LogP contribution >= 0.6 is 0 Å². The van der Waals surface area contributed by atoms with E-state index >= 15 is 0 Å². The van der Waals surface area contributed by atoms with Gasteiger partial charge in [-0.3, -0.25) is 0 Å². The zero-order valence-corrected chi connectivity index (χ0v) is 10.2. The van der Waals surface area contributed by atoms with Gasteiger partial charge in [0.25, 0.3) is 0 Å². The lowest BCUT2D eigenvalue weighted by atomic mass is 10.2. The van der Waals surface area contributed by atoms with Crippen LogP contribution in [0, 0.1) is 0 Å². The zero-order valence-electron chi connectivity index (χ0n) is 10.2. The Balaban J connectivity index is 2.05. The zero-order chi connectivity index (χ0) is 13.1. The third kappa shape index (κ3) is 2.25. The van der Waals surface area contributed by atoms with Gasteiger partial charge in [0.1, 0.15) is 17.7 Å². The molecule has 19 heavy (non-hydrogen) atoms. The normalized spacial score (nSPS) is 10.8. The second-order valence-electron chi connectivity index (χ2n) is 4.02. The van der Waals surface area contributed by atoms with Crippen molar-refractivity contribution in [2.24, 2.45) is 0 Å². The summed E-state index contributed by atoms with van der Waals surface area (Å²) in [5, 5.41) is 11.9. The van der Waals surface area contributed by atoms with E-state index in [1.807, 2.05) is 30.3 Å². The molecule has 3 rings (SSSR count). The van der Waals surface area contributed by atoms with E-state index in [0.29, 0.717) is 18.0 Å². The van der Waals surface area contributed by atoms with E-state index in [0.717, 1.165) is 16.9 Å². The molecule has 1 aromatic carbocycles. The van der Waals surface area contributed by atoms with E-state index < -0.39 is 0 Å². The number of fused-ring (bicyclic) bond motifs is 1. The summed E-state index contributed by atoms with van der Waals surface area (Å²) in [6, 6.07) is 9.83. The molecule has 0 atom stereocenters. The highest BCUT2D eigenvalue weighted by Gasteiger charge is 2.10. The van der Waals surface area contributed by atoms with Gasteiger partial charge < -0.3 is 15.4 Å². The average Bonchev–Trinajstić information content (AvgIpc) is 2.90. The number of nitrogens with one attached hydrogen (secondary N) is 2. The van der Waals surface area contributed by atoms with Crippen molar-refractivity contribution < 1.29 is 5.11 Å². The van der Waals surface area contributed by atoms with Gasteiger partial charge >= 0.3 is 0 Å². The van der Waals surface area contributed by atoms with Crippen LogP contribution in [0.5, 0.6) is 0 Å². The molecule has 2 heterocycles. The minimum Gasteiger partial charge on any atom is -0.395 e. The van der Waals surface area contributed by atoms with Crippen LogP contribution in [0.15, 0.2) is 36.7 Å². The summed E-state index contributed by atoms with van der Waals surface area (Å²) >= 11 is 0. The van der Waals surface area contributed by atoms with Gasteiger partial charge in [0, 0.05) is 12.1 Å². The number of aromatic nitrogens is 4. The molecule has 96 valence electrons. The maximum absolute atomic E-state index is 8.85. The summed E-state index contributed by atoms with van der Waals surface area (Å²) in [4.78, 5) is 15.9. The Bertz CT molecular complexity index is 680. The van der Waals surface area contributed by atoms with Crippen LogP contribution in [0.4, 0.5) is 5.82 Å². The number of rotatable bonds is 4. The molecule has 0 aliphatic rings. The summed E-state index contributed by atoms with van der Waals surface area (Å²) in [5.74, 6) is 1.40. The van der Waals surface area contributed by atoms with Crippen molar-refractivity contribution >= 4 is 17.0 Å². The fourth-order valence-corrected chi connectivity index (χ4v) is 1.87. The molecule has 0 amide bonds. The van der Waals surface area contributed by atoms with Gasteiger partial charge in [0.15, 0.2) is 11.5 Å². The van der Waals surface area contributed by atoms with Crippen LogP contribution in [0.1, 0.15) is 0 Å². The van der Waals surface area contributed by atoms with Crippen molar-refractivity contribution in [1.29, 1.82) is 0 Å². The number of aliphatic hydroxyl groups is 1. The summed E-state index contributed by atoms with van der Waals surface area (Å²) in [6.45, 7) is 0.483. The fourth-order valence-electron chi connectivity index (χ4n) is 1.87. The first kappa shape index (κ1) is 11.6. The highest BCUT2D eigenvalue weighted by Crippen LogP contribution is 2.22. The predicted octanol–water partition coefficient (Wildman–Crippen LogP) is 1.42. The lowest BCUT2D eigenvalue weighted by molar-refractivity contribution is 0.311. The molecular formula is C13H13N5O. The van der Waals surface area contributed by atoms with E-state index in [2.05, 4.69) is 25.3 Å². The van der Waals surface area contributed by atoms with Gasteiger partial charge in [-0.25, -0.2) is 15.0 Å². The minimum atomic E-state index is 0.0468. The quantitative estimate of drug-likeness (QED) is 0.656. The number of imidazole rings is 1. The second-order valence-corrected chi connectivity index (χ2v) is 4.02. The first-order chi connectivity index (χ1) is 9.38. The van der Waals surface area contributed by atoms with Gasteiger partial charge in [-0.1, -0.05) is 30.3 Å². The Morgan fingerprint density at radius 1 is 1.16 bits per heavy atom. The first-order valence-corrected chi connectivity index (χ1v) is 5.99. The number of H-pyrrole nitrogens is 1. The van der Waals surface area contributed by atoms with Crippen LogP contribution in [0.25, 0.3) is 22.6 Å². The predicted molar refractivity (Wildman–Crippen MR) is 72.7 cm³/mol. The van der Waals surface area contributed by atoms with Gasteiger partial charge in [0.2, 0.25) is 0 Å². The molecular weight excluding hydrogens is 242 g/mol. The SMILES string of the molecule is OCCNc1ncnc2nc(-c3ccccc3)[nH]c12. The molecule has 0 aliphatic carbocycles. The van der Waals surface area contributed by atoms with Gasteiger partial charge in [-0.15, -0.1) is 0 Å². The molecule has 0 radical (unpaired) electrons. The summed E-state index contributed by atoms with van der Waals surface area (Å²) in [7, 11) is 0. The lowest BCUT2D eigenvalue weighted by Crippen LogP contribution is -2.07. The van der Waals surface area contributed by atoms with Crippen molar-refractivity contribution in [3.05, 3.63) is 36.7 Å². The van der Waals surface area contributed by atoms with Crippen LogP contribution < -0.4 is 5.32 Å². The summed E-state index contributed by atoms with van der Waals surface area (Å²) in [5.41, 5.74) is 2.35. The van der Waals surface area contributed by atoms with Crippen molar-refractivity contribution in [1.82, 2.24) is 19.9 Å². The lowest BCUT2D eigenvalue weighted by Gasteiger charge is -2.02. The van der Waals surface area contributed by atoms with Crippen LogP contribution in [-0.4, -0.2) is 38.2 Å². The highest BCUT2D eigenvalue weighted by molar-refractivity contribution is 5.85.